The van der Waals surface area contributed by atoms with Crippen molar-refractivity contribution in [2.75, 3.05) is 6.54 Å². The molecule has 100 valence electrons. The highest BCUT2D eigenvalue weighted by molar-refractivity contribution is 7.07. The molecule has 0 aliphatic heterocycles. The highest BCUT2D eigenvalue weighted by Gasteiger charge is 2.01. The van der Waals surface area contributed by atoms with Crippen LogP contribution in [0.5, 0.6) is 0 Å². The molecule has 0 aliphatic carbocycles. The Labute approximate surface area is 118 Å². The van der Waals surface area contributed by atoms with E-state index < -0.39 is 0 Å². The molecule has 2 nitrogen and oxygen atoms in total. The molecule has 0 aliphatic rings. The molecule has 1 aromatic heterocycles. The van der Waals surface area contributed by atoms with Crippen LogP contribution >= 0.6 is 11.3 Å². The molecule has 1 heterocycles. The Morgan fingerprint density at radius 2 is 1.89 bits per heavy atom. The second-order valence-corrected chi connectivity index (χ2v) is 5.35. The van der Waals surface area contributed by atoms with Gasteiger partial charge in [0.25, 0.3) is 0 Å². The quantitative estimate of drug-likeness (QED) is 0.822. The first kappa shape index (κ1) is 13.8. The zero-order valence-corrected chi connectivity index (χ0v) is 11.8. The highest BCUT2D eigenvalue weighted by atomic mass is 32.1. The first-order chi connectivity index (χ1) is 9.34. The lowest BCUT2D eigenvalue weighted by atomic mass is 10.1. The molecule has 0 radical (unpaired) electrons. The van der Waals surface area contributed by atoms with Gasteiger partial charge < -0.3 is 5.32 Å². The predicted molar refractivity (Wildman–Crippen MR) is 80.4 cm³/mol. The van der Waals surface area contributed by atoms with E-state index in [4.69, 9.17) is 0 Å². The monoisotopic (exact) mass is 273 g/mol. The van der Waals surface area contributed by atoms with E-state index in [0.717, 1.165) is 25.8 Å². The van der Waals surface area contributed by atoms with Gasteiger partial charge in [-0.05, 0) is 47.2 Å². The van der Waals surface area contributed by atoms with Gasteiger partial charge in [0.05, 0.1) is 0 Å². The molecule has 0 saturated carbocycles. The minimum absolute atomic E-state index is 0.158. The SMILES string of the molecule is O=C(CCCc1ccccc1)NCCc1ccsc1. The Kier molecular flexibility index (Phi) is 5.63. The summed E-state index contributed by atoms with van der Waals surface area (Å²) < 4.78 is 0. The molecule has 0 fully saturated rings. The summed E-state index contributed by atoms with van der Waals surface area (Å²) in [4.78, 5) is 11.7. The lowest BCUT2D eigenvalue weighted by Gasteiger charge is -2.04. The van der Waals surface area contributed by atoms with Gasteiger partial charge in [0.1, 0.15) is 0 Å². The Hall–Kier alpha value is -1.61. The minimum Gasteiger partial charge on any atom is -0.356 e. The number of nitrogens with one attached hydrogen (secondary N) is 1. The highest BCUT2D eigenvalue weighted by Crippen LogP contribution is 2.06. The molecule has 2 rings (SSSR count). The van der Waals surface area contributed by atoms with Crippen molar-refractivity contribution in [3.63, 3.8) is 0 Å². The molecule has 0 saturated heterocycles. The molecule has 1 N–H and O–H groups in total. The lowest BCUT2D eigenvalue weighted by Crippen LogP contribution is -2.25. The van der Waals surface area contributed by atoms with Gasteiger partial charge in [-0.25, -0.2) is 0 Å². The van der Waals surface area contributed by atoms with E-state index >= 15 is 0 Å². The van der Waals surface area contributed by atoms with Crippen molar-refractivity contribution in [3.8, 4) is 0 Å². The average Bonchev–Trinajstić information content (AvgIpc) is 2.93. The number of hydrogen-bond donors (Lipinski definition) is 1. The number of amides is 1. The summed E-state index contributed by atoms with van der Waals surface area (Å²) in [6.07, 6.45) is 3.42. The van der Waals surface area contributed by atoms with E-state index in [1.165, 1.54) is 11.1 Å². The summed E-state index contributed by atoms with van der Waals surface area (Å²) in [6.45, 7) is 0.737. The number of hydrogen-bond acceptors (Lipinski definition) is 2. The van der Waals surface area contributed by atoms with E-state index in [-0.39, 0.29) is 5.91 Å². The van der Waals surface area contributed by atoms with Crippen LogP contribution in [0, 0.1) is 0 Å². The van der Waals surface area contributed by atoms with Gasteiger partial charge >= 0.3 is 0 Å². The van der Waals surface area contributed by atoms with Crippen LogP contribution in [0.2, 0.25) is 0 Å². The molecule has 0 spiro atoms. The second-order valence-electron chi connectivity index (χ2n) is 4.57. The fraction of sp³-hybridized carbons (Fsp3) is 0.312. The number of thiophene rings is 1. The van der Waals surface area contributed by atoms with Crippen molar-refractivity contribution in [2.24, 2.45) is 0 Å². The molecule has 0 atom stereocenters. The van der Waals surface area contributed by atoms with Crippen LogP contribution in [0.4, 0.5) is 0 Å². The van der Waals surface area contributed by atoms with Crippen molar-refractivity contribution >= 4 is 17.2 Å². The summed E-state index contributed by atoms with van der Waals surface area (Å²) in [5, 5.41) is 7.17. The number of carbonyl (C=O) groups excluding carboxylic acids is 1. The maximum atomic E-state index is 11.7. The zero-order chi connectivity index (χ0) is 13.3. The van der Waals surface area contributed by atoms with Crippen molar-refractivity contribution in [2.45, 2.75) is 25.7 Å². The lowest BCUT2D eigenvalue weighted by molar-refractivity contribution is -0.121. The van der Waals surface area contributed by atoms with Gasteiger partial charge in [-0.2, -0.15) is 11.3 Å². The normalized spacial score (nSPS) is 10.3. The van der Waals surface area contributed by atoms with Gasteiger partial charge in [-0.1, -0.05) is 30.3 Å². The number of carbonyl (C=O) groups is 1. The predicted octanol–water partition coefficient (Wildman–Crippen LogP) is 3.43. The zero-order valence-electron chi connectivity index (χ0n) is 11.0. The fourth-order valence-corrected chi connectivity index (χ4v) is 2.67. The molecule has 1 amide bonds. The molecule has 0 bridgehead atoms. The topological polar surface area (TPSA) is 29.1 Å². The van der Waals surface area contributed by atoms with Crippen LogP contribution in [0.3, 0.4) is 0 Å². The van der Waals surface area contributed by atoms with Gasteiger partial charge in [-0.3, -0.25) is 4.79 Å². The van der Waals surface area contributed by atoms with Crippen molar-refractivity contribution in [1.29, 1.82) is 0 Å². The summed E-state index contributed by atoms with van der Waals surface area (Å²) in [6, 6.07) is 12.4. The Bertz CT molecular complexity index is 479. The summed E-state index contributed by atoms with van der Waals surface area (Å²) in [7, 11) is 0. The molecular weight excluding hydrogens is 254 g/mol. The van der Waals surface area contributed by atoms with Crippen molar-refractivity contribution in [3.05, 3.63) is 58.3 Å². The minimum atomic E-state index is 0.158. The van der Waals surface area contributed by atoms with E-state index in [0.29, 0.717) is 6.42 Å². The maximum absolute atomic E-state index is 11.7. The largest absolute Gasteiger partial charge is 0.356 e. The molecule has 1 aromatic carbocycles. The average molecular weight is 273 g/mol. The Morgan fingerprint density at radius 3 is 2.63 bits per heavy atom. The third-order valence-corrected chi connectivity index (χ3v) is 3.76. The van der Waals surface area contributed by atoms with Gasteiger partial charge in [0.2, 0.25) is 5.91 Å². The van der Waals surface area contributed by atoms with Gasteiger partial charge in [0.15, 0.2) is 0 Å². The third-order valence-electron chi connectivity index (χ3n) is 3.03. The fourth-order valence-electron chi connectivity index (χ4n) is 1.97. The van der Waals surface area contributed by atoms with Crippen LogP contribution in [0.25, 0.3) is 0 Å². The third kappa shape index (κ3) is 5.26. The van der Waals surface area contributed by atoms with Crippen molar-refractivity contribution < 1.29 is 4.79 Å². The van der Waals surface area contributed by atoms with E-state index in [1.54, 1.807) is 11.3 Å². The van der Waals surface area contributed by atoms with E-state index in [9.17, 15) is 4.79 Å². The first-order valence-electron chi connectivity index (χ1n) is 6.66. The van der Waals surface area contributed by atoms with Crippen LogP contribution < -0.4 is 5.32 Å². The summed E-state index contributed by atoms with van der Waals surface area (Å²) in [5.41, 5.74) is 2.60. The molecule has 19 heavy (non-hydrogen) atoms. The van der Waals surface area contributed by atoms with E-state index in [2.05, 4.69) is 34.3 Å². The Morgan fingerprint density at radius 1 is 1.05 bits per heavy atom. The maximum Gasteiger partial charge on any atom is 0.220 e. The molecular formula is C16H19NOS. The van der Waals surface area contributed by atoms with Crippen LogP contribution in [-0.2, 0) is 17.6 Å². The Balaban J connectivity index is 1.57. The van der Waals surface area contributed by atoms with Crippen LogP contribution in [0.1, 0.15) is 24.0 Å². The van der Waals surface area contributed by atoms with E-state index in [1.807, 2.05) is 18.2 Å². The van der Waals surface area contributed by atoms with Crippen LogP contribution in [-0.4, -0.2) is 12.5 Å². The smallest absolute Gasteiger partial charge is 0.220 e. The van der Waals surface area contributed by atoms with Crippen molar-refractivity contribution in [1.82, 2.24) is 5.32 Å². The van der Waals surface area contributed by atoms with Gasteiger partial charge in [-0.15, -0.1) is 0 Å². The standard InChI is InChI=1S/C16H19NOS/c18-16(17-11-9-15-10-12-19-13-15)8-4-7-14-5-2-1-3-6-14/h1-3,5-6,10,12-13H,4,7-9,11H2,(H,17,18). The summed E-state index contributed by atoms with van der Waals surface area (Å²) in [5.74, 6) is 0.158. The van der Waals surface area contributed by atoms with Gasteiger partial charge in [0, 0.05) is 13.0 Å². The molecule has 0 unspecified atom stereocenters. The molecule has 2 aromatic rings. The number of aryl methyl sites for hydroxylation is 1. The summed E-state index contributed by atoms with van der Waals surface area (Å²) >= 11 is 1.70. The van der Waals surface area contributed by atoms with Crippen LogP contribution in [0.15, 0.2) is 47.2 Å². The number of rotatable bonds is 7. The first-order valence-corrected chi connectivity index (χ1v) is 7.60. The second kappa shape index (κ2) is 7.74. The molecule has 3 heteroatoms. The number of benzene rings is 1.